The first kappa shape index (κ1) is 25.7. The highest BCUT2D eigenvalue weighted by Gasteiger charge is 2.25. The Balaban J connectivity index is 1.45. The van der Waals surface area contributed by atoms with E-state index in [4.69, 9.17) is 14.5 Å². The lowest BCUT2D eigenvalue weighted by molar-refractivity contribution is -0.116. The van der Waals surface area contributed by atoms with Crippen LogP contribution in [0.1, 0.15) is 22.6 Å². The summed E-state index contributed by atoms with van der Waals surface area (Å²) >= 11 is 3.31. The molecule has 0 saturated carbocycles. The van der Waals surface area contributed by atoms with Crippen molar-refractivity contribution in [3.05, 3.63) is 46.5 Å². The Hall–Kier alpha value is -2.89. The third kappa shape index (κ3) is 5.68. The zero-order valence-electron chi connectivity index (χ0n) is 21.3. The number of rotatable bonds is 10. The van der Waals surface area contributed by atoms with E-state index < -0.39 is 0 Å². The lowest BCUT2D eigenvalue weighted by atomic mass is 10.0. The Kier molecular flexibility index (Phi) is 8.11. The maximum Gasteiger partial charge on any atom is 0.226 e. The van der Waals surface area contributed by atoms with Crippen LogP contribution in [0.2, 0.25) is 0 Å². The topological polar surface area (TPSA) is 97.4 Å². The number of thiazole rings is 1. The maximum atomic E-state index is 12.8. The first-order valence-corrected chi connectivity index (χ1v) is 14.0. The van der Waals surface area contributed by atoms with Crippen molar-refractivity contribution < 1.29 is 14.3 Å². The Morgan fingerprint density at radius 3 is 2.86 bits per heavy atom. The fraction of sp³-hybridized carbons (Fsp3) is 0.370. The fourth-order valence-corrected chi connectivity index (χ4v) is 6.83. The van der Waals surface area contributed by atoms with Crippen molar-refractivity contribution in [3.63, 3.8) is 0 Å². The monoisotopic (exact) mass is 537 g/mol. The number of aromatic nitrogens is 2. The van der Waals surface area contributed by atoms with E-state index in [1.807, 2.05) is 25.1 Å². The fourth-order valence-electron chi connectivity index (χ4n) is 4.45. The highest BCUT2D eigenvalue weighted by Crippen LogP contribution is 2.45. The molecule has 10 heteroatoms. The average Bonchev–Trinajstić information content (AvgIpc) is 3.48. The van der Waals surface area contributed by atoms with Gasteiger partial charge >= 0.3 is 0 Å². The van der Waals surface area contributed by atoms with Gasteiger partial charge in [0.25, 0.3) is 0 Å². The Labute approximate surface area is 224 Å². The van der Waals surface area contributed by atoms with Gasteiger partial charge in [0.2, 0.25) is 11.8 Å². The number of benzene rings is 1. The number of thiophene rings is 1. The van der Waals surface area contributed by atoms with Crippen molar-refractivity contribution in [1.82, 2.24) is 20.6 Å². The minimum Gasteiger partial charge on any atom is -0.481 e. The lowest BCUT2D eigenvalue weighted by Crippen LogP contribution is -2.24. The maximum absolute atomic E-state index is 12.8. The molecule has 4 aromatic rings. The van der Waals surface area contributed by atoms with Crippen LogP contribution in [-0.2, 0) is 22.5 Å². The predicted octanol–water partition coefficient (Wildman–Crippen LogP) is 4.61. The minimum absolute atomic E-state index is 0.0000800. The van der Waals surface area contributed by atoms with Gasteiger partial charge < -0.3 is 25.4 Å². The van der Waals surface area contributed by atoms with Crippen molar-refractivity contribution in [3.8, 4) is 27.6 Å². The number of carbonyl (C=O) groups excluding carboxylic acids is 1. The molecule has 1 aliphatic heterocycles. The summed E-state index contributed by atoms with van der Waals surface area (Å²) in [5, 5.41) is 11.7. The summed E-state index contributed by atoms with van der Waals surface area (Å²) < 4.78 is 11.7. The van der Waals surface area contributed by atoms with Crippen LogP contribution in [0, 0.1) is 6.92 Å². The zero-order chi connectivity index (χ0) is 25.8. The number of aryl methyl sites for hydroxylation is 1. The van der Waals surface area contributed by atoms with E-state index in [1.165, 1.54) is 10.4 Å². The molecule has 0 fully saturated rings. The second-order valence-electron chi connectivity index (χ2n) is 8.89. The number of hydrogen-bond acceptors (Lipinski definition) is 9. The molecule has 0 saturated heterocycles. The van der Waals surface area contributed by atoms with Crippen LogP contribution in [0.4, 0.5) is 5.00 Å². The number of amides is 1. The van der Waals surface area contributed by atoms with Gasteiger partial charge in [-0.2, -0.15) is 0 Å². The number of methoxy groups -OCH3 is 2. The number of anilines is 1. The smallest absolute Gasteiger partial charge is 0.226 e. The normalized spacial score (nSPS) is 13.1. The van der Waals surface area contributed by atoms with Crippen LogP contribution in [0.15, 0.2) is 30.3 Å². The first-order valence-electron chi connectivity index (χ1n) is 12.3. The molecule has 1 aliphatic rings. The van der Waals surface area contributed by atoms with Crippen molar-refractivity contribution in [2.75, 3.05) is 45.8 Å². The Morgan fingerprint density at radius 2 is 2.03 bits per heavy atom. The molecule has 194 valence electrons. The number of pyridine rings is 1. The van der Waals surface area contributed by atoms with Crippen molar-refractivity contribution in [2.45, 2.75) is 26.3 Å². The SMILES string of the molecule is COCCNCCC(=O)Nc1sc2c(c1-c1nc3ccc(-c4ccc(C)nc4OC)cc3s1)CCNC2. The van der Waals surface area contributed by atoms with Gasteiger partial charge in [-0.15, -0.1) is 22.7 Å². The number of nitrogens with one attached hydrogen (secondary N) is 3. The summed E-state index contributed by atoms with van der Waals surface area (Å²) in [6, 6.07) is 10.3. The summed E-state index contributed by atoms with van der Waals surface area (Å²) in [4.78, 5) is 23.6. The standard InChI is InChI=1S/C27H31N5O3S2/c1-16-4-6-18(25(30-16)35-3)17-5-7-20-21(14-17)36-26(31-20)24-19-8-10-29-15-22(19)37-27(24)32-23(33)9-11-28-12-13-34-2/h4-7,14,28-29H,8-13,15H2,1-3H3,(H,32,33). The molecule has 5 rings (SSSR count). The van der Waals surface area contributed by atoms with Gasteiger partial charge in [0, 0.05) is 54.9 Å². The lowest BCUT2D eigenvalue weighted by Gasteiger charge is -2.13. The second-order valence-corrected chi connectivity index (χ2v) is 11.0. The molecule has 4 heterocycles. The van der Waals surface area contributed by atoms with Crippen molar-refractivity contribution in [1.29, 1.82) is 0 Å². The number of carbonyl (C=O) groups is 1. The molecular formula is C27H31N5O3S2. The van der Waals surface area contributed by atoms with Gasteiger partial charge in [-0.3, -0.25) is 4.79 Å². The molecule has 3 N–H and O–H groups in total. The third-order valence-corrected chi connectivity index (χ3v) is 8.48. The number of hydrogen-bond donors (Lipinski definition) is 3. The number of nitrogens with zero attached hydrogens (tertiary/aromatic N) is 2. The molecular weight excluding hydrogens is 506 g/mol. The molecule has 0 unspecified atom stereocenters. The van der Waals surface area contributed by atoms with E-state index in [-0.39, 0.29) is 5.91 Å². The van der Waals surface area contributed by atoms with Gasteiger partial charge in [0.05, 0.1) is 23.9 Å². The molecule has 0 aliphatic carbocycles. The average molecular weight is 538 g/mol. The summed E-state index contributed by atoms with van der Waals surface area (Å²) in [5.41, 5.74) is 6.21. The highest BCUT2D eigenvalue weighted by atomic mass is 32.1. The van der Waals surface area contributed by atoms with Crippen molar-refractivity contribution in [2.24, 2.45) is 0 Å². The minimum atomic E-state index is 0.0000800. The van der Waals surface area contributed by atoms with Gasteiger partial charge in [-0.25, -0.2) is 9.97 Å². The quantitative estimate of drug-likeness (QED) is 0.254. The molecule has 1 aromatic carbocycles. The Bertz CT molecular complexity index is 1410. The summed E-state index contributed by atoms with van der Waals surface area (Å²) in [6.45, 7) is 5.66. The summed E-state index contributed by atoms with van der Waals surface area (Å²) in [5.74, 6) is 0.616. The van der Waals surface area contributed by atoms with E-state index in [2.05, 4.69) is 33.1 Å². The van der Waals surface area contributed by atoms with Crippen molar-refractivity contribution >= 4 is 43.8 Å². The molecule has 0 bridgehead atoms. The number of ether oxygens (including phenoxy) is 2. The van der Waals surface area contributed by atoms with E-state index >= 15 is 0 Å². The second kappa shape index (κ2) is 11.7. The zero-order valence-corrected chi connectivity index (χ0v) is 22.9. The summed E-state index contributed by atoms with van der Waals surface area (Å²) in [7, 11) is 3.32. The highest BCUT2D eigenvalue weighted by molar-refractivity contribution is 7.23. The van der Waals surface area contributed by atoms with Crippen LogP contribution < -0.4 is 20.7 Å². The molecule has 37 heavy (non-hydrogen) atoms. The largest absolute Gasteiger partial charge is 0.481 e. The van der Waals surface area contributed by atoms with Crippen LogP contribution in [-0.4, -0.2) is 56.3 Å². The van der Waals surface area contributed by atoms with E-state index in [0.29, 0.717) is 25.5 Å². The molecule has 0 spiro atoms. The first-order chi connectivity index (χ1) is 18.1. The predicted molar refractivity (Wildman–Crippen MR) is 151 cm³/mol. The number of fused-ring (bicyclic) bond motifs is 2. The van der Waals surface area contributed by atoms with Gasteiger partial charge in [-0.05, 0) is 55.3 Å². The molecule has 3 aromatic heterocycles. The van der Waals surface area contributed by atoms with Crippen LogP contribution >= 0.6 is 22.7 Å². The van der Waals surface area contributed by atoms with E-state index in [9.17, 15) is 4.79 Å². The molecule has 0 radical (unpaired) electrons. The van der Waals surface area contributed by atoms with E-state index in [1.54, 1.807) is 36.9 Å². The molecule has 8 nitrogen and oxygen atoms in total. The third-order valence-electron chi connectivity index (χ3n) is 6.30. The summed E-state index contributed by atoms with van der Waals surface area (Å²) in [6.07, 6.45) is 1.32. The van der Waals surface area contributed by atoms with Crippen LogP contribution in [0.5, 0.6) is 5.88 Å². The molecule has 1 amide bonds. The van der Waals surface area contributed by atoms with Gasteiger partial charge in [0.15, 0.2) is 0 Å². The van der Waals surface area contributed by atoms with Gasteiger partial charge in [0.1, 0.15) is 10.0 Å². The molecule has 0 atom stereocenters. The van der Waals surface area contributed by atoms with Gasteiger partial charge in [-0.1, -0.05) is 6.07 Å². The van der Waals surface area contributed by atoms with Crippen LogP contribution in [0.3, 0.4) is 0 Å². The van der Waals surface area contributed by atoms with Crippen LogP contribution in [0.25, 0.3) is 31.9 Å². The Morgan fingerprint density at radius 1 is 1.14 bits per heavy atom. The van der Waals surface area contributed by atoms with E-state index in [0.717, 1.165) is 68.7 Å².